The summed E-state index contributed by atoms with van der Waals surface area (Å²) in [6.45, 7) is 11.3. The second kappa shape index (κ2) is 6.53. The number of hydrogen-bond donors (Lipinski definition) is 1. The zero-order chi connectivity index (χ0) is 13.8. The van der Waals surface area contributed by atoms with Crippen LogP contribution < -0.4 is 5.32 Å². The van der Waals surface area contributed by atoms with E-state index < -0.39 is 0 Å². The van der Waals surface area contributed by atoms with E-state index in [0.29, 0.717) is 12.1 Å². The molecule has 1 heterocycles. The van der Waals surface area contributed by atoms with Crippen LogP contribution in [0.1, 0.15) is 50.8 Å². The van der Waals surface area contributed by atoms with Crippen LogP contribution in [0.25, 0.3) is 0 Å². The van der Waals surface area contributed by atoms with Crippen molar-refractivity contribution in [1.29, 1.82) is 0 Å². The van der Waals surface area contributed by atoms with Crippen molar-refractivity contribution in [2.75, 3.05) is 13.1 Å². The predicted octanol–water partition coefficient (Wildman–Crippen LogP) is 3.52. The molecule has 1 fully saturated rings. The van der Waals surface area contributed by atoms with Crippen LogP contribution in [0.15, 0.2) is 24.3 Å². The maximum Gasteiger partial charge on any atom is 0.0475 e. The Morgan fingerprint density at radius 3 is 2.53 bits per heavy atom. The van der Waals surface area contributed by atoms with E-state index in [4.69, 9.17) is 0 Å². The Hall–Kier alpha value is -0.860. The third-order valence-corrected chi connectivity index (χ3v) is 4.47. The van der Waals surface area contributed by atoms with Gasteiger partial charge in [-0.2, -0.15) is 0 Å². The largest absolute Gasteiger partial charge is 0.309 e. The van der Waals surface area contributed by atoms with Crippen LogP contribution in [0.2, 0.25) is 0 Å². The van der Waals surface area contributed by atoms with Crippen LogP contribution in [0, 0.1) is 6.92 Å². The molecule has 1 aromatic carbocycles. The first-order valence-corrected chi connectivity index (χ1v) is 7.69. The van der Waals surface area contributed by atoms with Gasteiger partial charge < -0.3 is 5.32 Å². The van der Waals surface area contributed by atoms with Gasteiger partial charge in [0.15, 0.2) is 0 Å². The average Bonchev–Trinajstić information content (AvgIpc) is 2.83. The molecule has 1 aliphatic heterocycles. The molecule has 0 aliphatic carbocycles. The predicted molar refractivity (Wildman–Crippen MR) is 82.5 cm³/mol. The van der Waals surface area contributed by atoms with Gasteiger partial charge in [-0.15, -0.1) is 0 Å². The summed E-state index contributed by atoms with van der Waals surface area (Å²) in [5, 5.41) is 3.67. The van der Waals surface area contributed by atoms with Gasteiger partial charge >= 0.3 is 0 Å². The molecule has 0 spiro atoms. The summed E-state index contributed by atoms with van der Waals surface area (Å²) in [7, 11) is 0. The van der Waals surface area contributed by atoms with Crippen molar-refractivity contribution < 1.29 is 0 Å². The minimum Gasteiger partial charge on any atom is -0.309 e. The number of rotatable bonds is 5. The molecular formula is C17H28N2. The second-order valence-corrected chi connectivity index (χ2v) is 5.92. The maximum atomic E-state index is 3.67. The van der Waals surface area contributed by atoms with Gasteiger partial charge in [0.1, 0.15) is 0 Å². The number of likely N-dealkylation sites (tertiary alicyclic amines) is 1. The Morgan fingerprint density at radius 1 is 1.32 bits per heavy atom. The summed E-state index contributed by atoms with van der Waals surface area (Å²) >= 11 is 0. The van der Waals surface area contributed by atoms with E-state index in [-0.39, 0.29) is 0 Å². The van der Waals surface area contributed by atoms with Crippen LogP contribution in [0.4, 0.5) is 0 Å². The molecule has 3 atom stereocenters. The van der Waals surface area contributed by atoms with Crippen molar-refractivity contribution in [3.63, 3.8) is 0 Å². The summed E-state index contributed by atoms with van der Waals surface area (Å²) in [5.74, 6) is 0. The number of nitrogens with zero attached hydrogens (tertiary/aromatic N) is 1. The van der Waals surface area contributed by atoms with Crippen molar-refractivity contribution in [3.8, 4) is 0 Å². The lowest BCUT2D eigenvalue weighted by Crippen LogP contribution is -2.44. The van der Waals surface area contributed by atoms with Crippen molar-refractivity contribution in [1.82, 2.24) is 10.2 Å². The second-order valence-electron chi connectivity index (χ2n) is 5.92. The molecule has 1 saturated heterocycles. The topological polar surface area (TPSA) is 15.3 Å². The molecule has 0 saturated carbocycles. The molecule has 3 unspecified atom stereocenters. The first-order valence-electron chi connectivity index (χ1n) is 7.69. The van der Waals surface area contributed by atoms with Crippen LogP contribution in [-0.2, 0) is 0 Å². The van der Waals surface area contributed by atoms with Gasteiger partial charge in [0.05, 0.1) is 0 Å². The standard InChI is InChI=1S/C17H28N2/c1-5-18-17(16-10-8-13(2)9-11-16)15(4)19-12-6-7-14(19)3/h8-11,14-15,17-18H,5-7,12H2,1-4H3. The molecule has 0 amide bonds. The summed E-state index contributed by atoms with van der Waals surface area (Å²) in [5.41, 5.74) is 2.75. The first kappa shape index (κ1) is 14.5. The van der Waals surface area contributed by atoms with Crippen molar-refractivity contribution >= 4 is 0 Å². The fourth-order valence-corrected chi connectivity index (χ4v) is 3.31. The molecule has 1 aliphatic rings. The smallest absolute Gasteiger partial charge is 0.0475 e. The number of aryl methyl sites for hydroxylation is 1. The summed E-state index contributed by atoms with van der Waals surface area (Å²) < 4.78 is 0. The molecule has 2 nitrogen and oxygen atoms in total. The fraction of sp³-hybridized carbons (Fsp3) is 0.647. The van der Waals surface area contributed by atoms with E-state index in [1.54, 1.807) is 0 Å². The van der Waals surface area contributed by atoms with Gasteiger partial charge in [0.2, 0.25) is 0 Å². The molecule has 0 radical (unpaired) electrons. The van der Waals surface area contributed by atoms with Crippen LogP contribution in [-0.4, -0.2) is 30.1 Å². The zero-order valence-electron chi connectivity index (χ0n) is 12.8. The number of nitrogens with one attached hydrogen (secondary N) is 1. The van der Waals surface area contributed by atoms with Crippen LogP contribution in [0.5, 0.6) is 0 Å². The molecular weight excluding hydrogens is 232 g/mol. The highest BCUT2D eigenvalue weighted by Crippen LogP contribution is 2.27. The molecule has 19 heavy (non-hydrogen) atoms. The molecule has 1 aromatic rings. The lowest BCUT2D eigenvalue weighted by atomic mass is 9.97. The number of benzene rings is 1. The van der Waals surface area contributed by atoms with E-state index in [9.17, 15) is 0 Å². The van der Waals surface area contributed by atoms with E-state index in [0.717, 1.165) is 12.6 Å². The van der Waals surface area contributed by atoms with Gasteiger partial charge in [0.25, 0.3) is 0 Å². The van der Waals surface area contributed by atoms with E-state index in [1.807, 2.05) is 0 Å². The highest BCUT2D eigenvalue weighted by atomic mass is 15.2. The van der Waals surface area contributed by atoms with Gasteiger partial charge in [0, 0.05) is 18.1 Å². The average molecular weight is 260 g/mol. The summed E-state index contributed by atoms with van der Waals surface area (Å²) in [6.07, 6.45) is 2.69. The Balaban J connectivity index is 2.16. The lowest BCUT2D eigenvalue weighted by Gasteiger charge is -2.35. The quantitative estimate of drug-likeness (QED) is 0.871. The molecule has 106 valence electrons. The normalized spacial score (nSPS) is 23.5. The zero-order valence-corrected chi connectivity index (χ0v) is 12.8. The first-order chi connectivity index (χ1) is 9.13. The molecule has 2 rings (SSSR count). The summed E-state index contributed by atoms with van der Waals surface area (Å²) in [4.78, 5) is 2.66. The van der Waals surface area contributed by atoms with Crippen molar-refractivity contribution in [2.45, 2.75) is 58.7 Å². The van der Waals surface area contributed by atoms with Gasteiger partial charge in [-0.25, -0.2) is 0 Å². The third-order valence-electron chi connectivity index (χ3n) is 4.47. The number of likely N-dealkylation sites (N-methyl/N-ethyl adjacent to an activating group) is 1. The maximum absolute atomic E-state index is 3.67. The van der Waals surface area contributed by atoms with Crippen molar-refractivity contribution in [2.24, 2.45) is 0 Å². The molecule has 0 bridgehead atoms. The van der Waals surface area contributed by atoms with E-state index in [2.05, 4.69) is 62.2 Å². The minimum atomic E-state index is 0.436. The Kier molecular flexibility index (Phi) is 5.00. The number of hydrogen-bond acceptors (Lipinski definition) is 2. The summed E-state index contributed by atoms with van der Waals surface area (Å²) in [6, 6.07) is 10.7. The van der Waals surface area contributed by atoms with Gasteiger partial charge in [-0.05, 0) is 52.3 Å². The monoisotopic (exact) mass is 260 g/mol. The third kappa shape index (κ3) is 3.37. The molecule has 2 heteroatoms. The molecule has 1 N–H and O–H groups in total. The van der Waals surface area contributed by atoms with Gasteiger partial charge in [-0.1, -0.05) is 36.8 Å². The van der Waals surface area contributed by atoms with Crippen molar-refractivity contribution in [3.05, 3.63) is 35.4 Å². The van der Waals surface area contributed by atoms with Crippen LogP contribution >= 0.6 is 0 Å². The van der Waals surface area contributed by atoms with E-state index in [1.165, 1.54) is 30.5 Å². The Labute approximate surface area is 118 Å². The highest BCUT2D eigenvalue weighted by Gasteiger charge is 2.30. The molecule has 0 aromatic heterocycles. The van der Waals surface area contributed by atoms with Crippen LogP contribution in [0.3, 0.4) is 0 Å². The van der Waals surface area contributed by atoms with Gasteiger partial charge in [-0.3, -0.25) is 4.90 Å². The van der Waals surface area contributed by atoms with E-state index >= 15 is 0 Å². The highest BCUT2D eigenvalue weighted by molar-refractivity contribution is 5.25. The minimum absolute atomic E-state index is 0.436. The Morgan fingerprint density at radius 2 is 2.00 bits per heavy atom. The fourth-order valence-electron chi connectivity index (χ4n) is 3.31. The SMILES string of the molecule is CCNC(c1ccc(C)cc1)C(C)N1CCCC1C. The Bertz CT molecular complexity index is 385. The lowest BCUT2D eigenvalue weighted by molar-refractivity contribution is 0.164.